The van der Waals surface area contributed by atoms with E-state index in [9.17, 15) is 0 Å². The molecular formula is C16H25BrN2. The molecule has 0 saturated carbocycles. The van der Waals surface area contributed by atoms with Crippen molar-refractivity contribution in [3.63, 3.8) is 0 Å². The molecule has 2 nitrogen and oxygen atoms in total. The molecule has 2 N–H and O–H groups in total. The van der Waals surface area contributed by atoms with E-state index in [1.54, 1.807) is 0 Å². The zero-order valence-corrected chi connectivity index (χ0v) is 13.7. The monoisotopic (exact) mass is 324 g/mol. The predicted octanol–water partition coefficient (Wildman–Crippen LogP) is 3.82. The molecule has 0 amide bonds. The highest BCUT2D eigenvalue weighted by molar-refractivity contribution is 9.10. The van der Waals surface area contributed by atoms with Gasteiger partial charge in [-0.1, -0.05) is 41.9 Å². The summed E-state index contributed by atoms with van der Waals surface area (Å²) in [7, 11) is 0. The minimum Gasteiger partial charge on any atom is -0.326 e. The molecule has 106 valence electrons. The van der Waals surface area contributed by atoms with Gasteiger partial charge < -0.3 is 5.73 Å². The summed E-state index contributed by atoms with van der Waals surface area (Å²) in [5.74, 6) is 1.53. The van der Waals surface area contributed by atoms with Crippen molar-refractivity contribution >= 4 is 15.9 Å². The van der Waals surface area contributed by atoms with Crippen molar-refractivity contribution in [3.05, 3.63) is 34.3 Å². The fourth-order valence-electron chi connectivity index (χ4n) is 3.45. The zero-order valence-electron chi connectivity index (χ0n) is 12.1. The lowest BCUT2D eigenvalue weighted by Crippen LogP contribution is -2.46. The maximum atomic E-state index is 6.28. The molecule has 1 heterocycles. The minimum absolute atomic E-state index is 0.152. The van der Waals surface area contributed by atoms with Gasteiger partial charge in [-0.15, -0.1) is 0 Å². The van der Waals surface area contributed by atoms with Crippen molar-refractivity contribution in [2.24, 2.45) is 17.6 Å². The molecule has 1 saturated heterocycles. The first-order valence-electron chi connectivity index (χ1n) is 7.22. The summed E-state index contributed by atoms with van der Waals surface area (Å²) in [4.78, 5) is 2.58. The Labute approximate surface area is 125 Å². The van der Waals surface area contributed by atoms with Gasteiger partial charge in [0.1, 0.15) is 0 Å². The van der Waals surface area contributed by atoms with Crippen LogP contribution >= 0.6 is 15.9 Å². The maximum Gasteiger partial charge on any atom is 0.0496 e. The van der Waals surface area contributed by atoms with Gasteiger partial charge in [0.25, 0.3) is 0 Å². The second-order valence-electron chi connectivity index (χ2n) is 6.26. The van der Waals surface area contributed by atoms with Crippen LogP contribution in [0.3, 0.4) is 0 Å². The highest BCUT2D eigenvalue weighted by atomic mass is 79.9. The first-order chi connectivity index (χ1) is 8.97. The standard InChI is InChI=1S/C16H25BrN2/c1-11-8-12(2)10-19(9-11)16(13(3)18)14-4-6-15(17)7-5-14/h4-7,11-13,16H,8-10,18H2,1-3H3. The predicted molar refractivity (Wildman–Crippen MR) is 85.1 cm³/mol. The van der Waals surface area contributed by atoms with Gasteiger partial charge >= 0.3 is 0 Å². The van der Waals surface area contributed by atoms with E-state index in [0.717, 1.165) is 29.4 Å². The Balaban J connectivity index is 2.22. The zero-order chi connectivity index (χ0) is 14.0. The smallest absolute Gasteiger partial charge is 0.0496 e. The van der Waals surface area contributed by atoms with Crippen LogP contribution in [-0.2, 0) is 0 Å². The molecule has 1 fully saturated rings. The van der Waals surface area contributed by atoms with Gasteiger partial charge in [-0.25, -0.2) is 0 Å². The van der Waals surface area contributed by atoms with Crippen molar-refractivity contribution in [2.75, 3.05) is 13.1 Å². The Morgan fingerprint density at radius 2 is 1.68 bits per heavy atom. The molecule has 4 atom stereocenters. The molecule has 3 heteroatoms. The molecule has 0 aliphatic carbocycles. The van der Waals surface area contributed by atoms with Gasteiger partial charge in [0, 0.05) is 29.6 Å². The van der Waals surface area contributed by atoms with E-state index in [1.807, 2.05) is 0 Å². The van der Waals surface area contributed by atoms with Gasteiger partial charge in [0.05, 0.1) is 0 Å². The average molecular weight is 325 g/mol. The molecule has 1 aliphatic heterocycles. The van der Waals surface area contributed by atoms with Crippen LogP contribution in [0.1, 0.15) is 38.8 Å². The molecule has 0 spiro atoms. The Morgan fingerprint density at radius 3 is 2.16 bits per heavy atom. The summed E-state index contributed by atoms with van der Waals surface area (Å²) in [6.07, 6.45) is 1.34. The Kier molecular flexibility index (Phi) is 5.04. The SMILES string of the molecule is CC1CC(C)CN(C(c2ccc(Br)cc2)C(C)N)C1. The summed E-state index contributed by atoms with van der Waals surface area (Å²) >= 11 is 3.50. The lowest BCUT2D eigenvalue weighted by molar-refractivity contribution is 0.0847. The second-order valence-corrected chi connectivity index (χ2v) is 7.17. The number of hydrogen-bond donors (Lipinski definition) is 1. The van der Waals surface area contributed by atoms with Crippen LogP contribution in [0.2, 0.25) is 0 Å². The van der Waals surface area contributed by atoms with Gasteiger partial charge in [0.2, 0.25) is 0 Å². The van der Waals surface area contributed by atoms with Crippen molar-refractivity contribution in [2.45, 2.75) is 39.3 Å². The molecule has 2 rings (SSSR count). The average Bonchev–Trinajstić information content (AvgIpc) is 2.30. The third kappa shape index (κ3) is 3.80. The molecule has 0 bridgehead atoms. The molecule has 1 aromatic carbocycles. The normalized spacial score (nSPS) is 28.1. The summed E-state index contributed by atoms with van der Waals surface area (Å²) in [6.45, 7) is 9.14. The number of rotatable bonds is 3. The van der Waals surface area contributed by atoms with Crippen LogP contribution in [0.15, 0.2) is 28.7 Å². The van der Waals surface area contributed by atoms with E-state index < -0.39 is 0 Å². The van der Waals surface area contributed by atoms with Crippen LogP contribution in [-0.4, -0.2) is 24.0 Å². The van der Waals surface area contributed by atoms with Gasteiger partial charge in [-0.2, -0.15) is 0 Å². The summed E-state index contributed by atoms with van der Waals surface area (Å²) in [6, 6.07) is 9.10. The lowest BCUT2D eigenvalue weighted by atomic mass is 9.88. The lowest BCUT2D eigenvalue weighted by Gasteiger charge is -2.42. The van der Waals surface area contributed by atoms with E-state index in [4.69, 9.17) is 5.73 Å². The van der Waals surface area contributed by atoms with E-state index >= 15 is 0 Å². The fourth-order valence-corrected chi connectivity index (χ4v) is 3.71. The summed E-state index contributed by atoms with van der Waals surface area (Å²) in [5.41, 5.74) is 7.61. The van der Waals surface area contributed by atoms with E-state index in [-0.39, 0.29) is 6.04 Å². The first kappa shape index (κ1) is 15.0. The largest absolute Gasteiger partial charge is 0.326 e. The van der Waals surface area contributed by atoms with E-state index in [0.29, 0.717) is 6.04 Å². The molecule has 19 heavy (non-hydrogen) atoms. The van der Waals surface area contributed by atoms with Gasteiger partial charge in [-0.3, -0.25) is 4.90 Å². The van der Waals surface area contributed by atoms with Crippen LogP contribution in [0.5, 0.6) is 0 Å². The molecule has 1 aliphatic rings. The number of likely N-dealkylation sites (tertiary alicyclic amines) is 1. The number of nitrogens with zero attached hydrogens (tertiary/aromatic N) is 1. The summed E-state index contributed by atoms with van der Waals surface area (Å²) in [5, 5.41) is 0. The second kappa shape index (κ2) is 6.38. The van der Waals surface area contributed by atoms with Crippen LogP contribution < -0.4 is 5.73 Å². The van der Waals surface area contributed by atoms with Crippen LogP contribution in [0, 0.1) is 11.8 Å². The van der Waals surface area contributed by atoms with Gasteiger partial charge in [0.15, 0.2) is 0 Å². The quantitative estimate of drug-likeness (QED) is 0.915. The van der Waals surface area contributed by atoms with Crippen LogP contribution in [0.4, 0.5) is 0 Å². The van der Waals surface area contributed by atoms with Crippen molar-refractivity contribution < 1.29 is 0 Å². The number of benzene rings is 1. The van der Waals surface area contributed by atoms with Crippen molar-refractivity contribution in [3.8, 4) is 0 Å². The molecule has 4 unspecified atom stereocenters. The van der Waals surface area contributed by atoms with Crippen LogP contribution in [0.25, 0.3) is 0 Å². The molecule has 0 aromatic heterocycles. The van der Waals surface area contributed by atoms with Crippen molar-refractivity contribution in [1.29, 1.82) is 0 Å². The molecule has 0 radical (unpaired) electrons. The molecular weight excluding hydrogens is 300 g/mol. The third-order valence-electron chi connectivity index (χ3n) is 4.00. The Morgan fingerprint density at radius 1 is 1.16 bits per heavy atom. The maximum absolute atomic E-state index is 6.28. The number of halogens is 1. The third-order valence-corrected chi connectivity index (χ3v) is 4.53. The number of hydrogen-bond acceptors (Lipinski definition) is 2. The Hall–Kier alpha value is -0.380. The highest BCUT2D eigenvalue weighted by Gasteiger charge is 2.30. The van der Waals surface area contributed by atoms with Crippen molar-refractivity contribution in [1.82, 2.24) is 4.90 Å². The fraction of sp³-hybridized carbons (Fsp3) is 0.625. The highest BCUT2D eigenvalue weighted by Crippen LogP contribution is 2.31. The molecule has 1 aromatic rings. The number of piperidine rings is 1. The number of nitrogens with two attached hydrogens (primary N) is 1. The van der Waals surface area contributed by atoms with E-state index in [2.05, 4.69) is 65.9 Å². The van der Waals surface area contributed by atoms with Gasteiger partial charge in [-0.05, 0) is 42.9 Å². The topological polar surface area (TPSA) is 29.3 Å². The Bertz CT molecular complexity index is 392. The summed E-state index contributed by atoms with van der Waals surface area (Å²) < 4.78 is 1.13. The minimum atomic E-state index is 0.152. The van der Waals surface area contributed by atoms with E-state index in [1.165, 1.54) is 12.0 Å². The first-order valence-corrected chi connectivity index (χ1v) is 8.01.